The van der Waals surface area contributed by atoms with E-state index in [4.69, 9.17) is 4.42 Å². The first-order chi connectivity index (χ1) is 16.0. The van der Waals surface area contributed by atoms with Gasteiger partial charge < -0.3 is 14.2 Å². The number of benzene rings is 2. The first-order valence-electron chi connectivity index (χ1n) is 11.0. The number of piperazine rings is 1. The predicted molar refractivity (Wildman–Crippen MR) is 128 cm³/mol. The molecule has 1 fully saturated rings. The Hall–Kier alpha value is -4.00. The molecule has 3 heterocycles. The van der Waals surface area contributed by atoms with Gasteiger partial charge in [-0.25, -0.2) is 4.79 Å². The number of carbonyl (C=O) groups is 1. The molecule has 0 N–H and O–H groups in total. The summed E-state index contributed by atoms with van der Waals surface area (Å²) in [5.74, 6) is 0.477. The maximum Gasteiger partial charge on any atom is 0.349 e. The van der Waals surface area contributed by atoms with Gasteiger partial charge in [-0.2, -0.15) is 0 Å². The molecule has 0 bridgehead atoms. The number of aromatic nitrogens is 2. The Labute approximate surface area is 191 Å². The molecule has 33 heavy (non-hydrogen) atoms. The number of para-hydroxylation sites is 1. The van der Waals surface area contributed by atoms with E-state index in [1.807, 2.05) is 24.3 Å². The van der Waals surface area contributed by atoms with Gasteiger partial charge in [0.25, 0.3) is 5.91 Å². The van der Waals surface area contributed by atoms with Crippen molar-refractivity contribution < 1.29 is 9.21 Å². The van der Waals surface area contributed by atoms with Crippen LogP contribution in [0.2, 0.25) is 0 Å². The molecule has 1 saturated heterocycles. The maximum absolute atomic E-state index is 13.0. The Kier molecular flexibility index (Phi) is 5.38. The standard InChI is InChI=1S/C26H24N4O3/c1-17-7-8-19(15-18(17)2)22-9-10-24(28-27-22)29-11-13-30(14-12-29)25(31)21-16-20-5-3-4-6-23(20)33-26(21)32/h3-10,15-16H,11-14H2,1-2H3. The molecule has 4 aromatic rings. The second-order valence-corrected chi connectivity index (χ2v) is 8.34. The average Bonchev–Trinajstić information content (AvgIpc) is 2.85. The van der Waals surface area contributed by atoms with Crippen LogP contribution in [0.3, 0.4) is 0 Å². The Morgan fingerprint density at radius 2 is 1.67 bits per heavy atom. The highest BCUT2D eigenvalue weighted by molar-refractivity contribution is 5.96. The van der Waals surface area contributed by atoms with Crippen molar-refractivity contribution in [3.05, 3.63) is 87.8 Å². The van der Waals surface area contributed by atoms with Gasteiger partial charge in [0.05, 0.1) is 5.69 Å². The number of anilines is 1. The monoisotopic (exact) mass is 440 g/mol. The first-order valence-corrected chi connectivity index (χ1v) is 11.0. The highest BCUT2D eigenvalue weighted by Crippen LogP contribution is 2.22. The number of aryl methyl sites for hydroxylation is 2. The van der Waals surface area contributed by atoms with Crippen molar-refractivity contribution in [2.75, 3.05) is 31.1 Å². The number of amides is 1. The Balaban J connectivity index is 1.27. The van der Waals surface area contributed by atoms with Gasteiger partial charge in [-0.1, -0.05) is 30.3 Å². The summed E-state index contributed by atoms with van der Waals surface area (Å²) in [4.78, 5) is 29.1. The van der Waals surface area contributed by atoms with Crippen LogP contribution in [0.25, 0.3) is 22.2 Å². The second-order valence-electron chi connectivity index (χ2n) is 8.34. The van der Waals surface area contributed by atoms with Crippen LogP contribution < -0.4 is 10.5 Å². The van der Waals surface area contributed by atoms with Crippen LogP contribution in [0.1, 0.15) is 21.5 Å². The lowest BCUT2D eigenvalue weighted by atomic mass is 10.0. The minimum absolute atomic E-state index is 0.0692. The minimum atomic E-state index is -0.603. The lowest BCUT2D eigenvalue weighted by Crippen LogP contribution is -2.49. The molecule has 0 aliphatic carbocycles. The molecule has 0 atom stereocenters. The summed E-state index contributed by atoms with van der Waals surface area (Å²) in [6.07, 6.45) is 0. The SMILES string of the molecule is Cc1ccc(-c2ccc(N3CCN(C(=O)c4cc5ccccc5oc4=O)CC3)nn2)cc1C. The smallest absolute Gasteiger partial charge is 0.349 e. The molecule has 0 saturated carbocycles. The third-order valence-electron chi connectivity index (χ3n) is 6.22. The molecule has 2 aromatic carbocycles. The molecule has 7 nitrogen and oxygen atoms in total. The Morgan fingerprint density at radius 1 is 0.879 bits per heavy atom. The first kappa shape index (κ1) is 20.9. The van der Waals surface area contributed by atoms with Crippen LogP contribution in [0.15, 0.2) is 69.9 Å². The van der Waals surface area contributed by atoms with E-state index in [2.05, 4.69) is 47.1 Å². The van der Waals surface area contributed by atoms with Crippen molar-refractivity contribution in [1.29, 1.82) is 0 Å². The molecule has 1 aliphatic heterocycles. The van der Waals surface area contributed by atoms with E-state index >= 15 is 0 Å². The Morgan fingerprint density at radius 3 is 2.39 bits per heavy atom. The fourth-order valence-electron chi connectivity index (χ4n) is 4.07. The van der Waals surface area contributed by atoms with E-state index in [1.54, 1.807) is 23.1 Å². The number of fused-ring (bicyclic) bond motifs is 1. The summed E-state index contributed by atoms with van der Waals surface area (Å²) in [5, 5.41) is 9.56. The van der Waals surface area contributed by atoms with Crippen molar-refractivity contribution in [3.8, 4) is 11.3 Å². The van der Waals surface area contributed by atoms with Crippen molar-refractivity contribution in [2.24, 2.45) is 0 Å². The van der Waals surface area contributed by atoms with Crippen LogP contribution in [0.5, 0.6) is 0 Å². The molecule has 5 rings (SSSR count). The predicted octanol–water partition coefficient (Wildman–Crippen LogP) is 3.83. The van der Waals surface area contributed by atoms with Crippen LogP contribution in [-0.4, -0.2) is 47.2 Å². The summed E-state index contributed by atoms with van der Waals surface area (Å²) in [6, 6.07) is 19.0. The molecular weight excluding hydrogens is 416 g/mol. The van der Waals surface area contributed by atoms with Gasteiger partial charge in [0.1, 0.15) is 11.1 Å². The summed E-state index contributed by atoms with van der Waals surface area (Å²) >= 11 is 0. The average molecular weight is 441 g/mol. The molecule has 1 aliphatic rings. The summed E-state index contributed by atoms with van der Waals surface area (Å²) in [5.41, 5.74) is 4.29. The fraction of sp³-hybridized carbons (Fsp3) is 0.231. The van der Waals surface area contributed by atoms with Gasteiger partial charge in [-0.3, -0.25) is 4.79 Å². The topological polar surface area (TPSA) is 79.5 Å². The van der Waals surface area contributed by atoms with Crippen molar-refractivity contribution >= 4 is 22.7 Å². The molecule has 166 valence electrons. The normalized spacial score (nSPS) is 14.0. The third-order valence-corrected chi connectivity index (χ3v) is 6.22. The zero-order valence-electron chi connectivity index (χ0n) is 18.6. The van der Waals surface area contributed by atoms with Crippen LogP contribution in [0.4, 0.5) is 5.82 Å². The van der Waals surface area contributed by atoms with Gasteiger partial charge in [0.2, 0.25) is 0 Å². The van der Waals surface area contributed by atoms with Crippen molar-refractivity contribution in [3.63, 3.8) is 0 Å². The lowest BCUT2D eigenvalue weighted by molar-refractivity contribution is 0.0742. The molecule has 1 amide bonds. The van der Waals surface area contributed by atoms with E-state index in [-0.39, 0.29) is 11.5 Å². The lowest BCUT2D eigenvalue weighted by Gasteiger charge is -2.35. The molecular formula is C26H24N4O3. The summed E-state index contributed by atoms with van der Waals surface area (Å²) < 4.78 is 5.32. The van der Waals surface area contributed by atoms with E-state index in [0.717, 1.165) is 22.5 Å². The Bertz CT molecular complexity index is 1390. The highest BCUT2D eigenvalue weighted by atomic mass is 16.4. The zero-order valence-corrected chi connectivity index (χ0v) is 18.6. The van der Waals surface area contributed by atoms with E-state index in [9.17, 15) is 9.59 Å². The number of hydrogen-bond donors (Lipinski definition) is 0. The summed E-state index contributed by atoms with van der Waals surface area (Å²) in [7, 11) is 0. The summed E-state index contributed by atoms with van der Waals surface area (Å²) in [6.45, 7) is 6.39. The van der Waals surface area contributed by atoms with Gasteiger partial charge in [-0.15, -0.1) is 10.2 Å². The number of nitrogens with zero attached hydrogens (tertiary/aromatic N) is 4. The van der Waals surface area contributed by atoms with Crippen LogP contribution >= 0.6 is 0 Å². The van der Waals surface area contributed by atoms with Gasteiger partial charge in [0, 0.05) is 37.1 Å². The largest absolute Gasteiger partial charge is 0.422 e. The van der Waals surface area contributed by atoms with Gasteiger partial charge in [-0.05, 0) is 55.3 Å². The molecule has 0 unspecified atom stereocenters. The quantitative estimate of drug-likeness (QED) is 0.451. The van der Waals surface area contributed by atoms with Crippen LogP contribution in [0, 0.1) is 13.8 Å². The van der Waals surface area contributed by atoms with E-state index in [0.29, 0.717) is 31.8 Å². The highest BCUT2D eigenvalue weighted by Gasteiger charge is 2.25. The maximum atomic E-state index is 13.0. The van der Waals surface area contributed by atoms with Crippen LogP contribution in [-0.2, 0) is 0 Å². The number of carbonyl (C=O) groups excluding carboxylic acids is 1. The molecule has 2 aromatic heterocycles. The number of rotatable bonds is 3. The van der Waals surface area contributed by atoms with Gasteiger partial charge in [0.15, 0.2) is 5.82 Å². The second kappa shape index (κ2) is 8.50. The van der Waals surface area contributed by atoms with Crippen molar-refractivity contribution in [2.45, 2.75) is 13.8 Å². The minimum Gasteiger partial charge on any atom is -0.422 e. The molecule has 0 spiro atoms. The zero-order chi connectivity index (χ0) is 22.9. The van der Waals surface area contributed by atoms with E-state index in [1.165, 1.54) is 11.1 Å². The molecule has 7 heteroatoms. The third kappa shape index (κ3) is 4.09. The van der Waals surface area contributed by atoms with E-state index < -0.39 is 5.63 Å². The number of hydrogen-bond acceptors (Lipinski definition) is 6. The van der Waals surface area contributed by atoms with Crippen molar-refractivity contribution in [1.82, 2.24) is 15.1 Å². The molecule has 0 radical (unpaired) electrons. The van der Waals surface area contributed by atoms with Gasteiger partial charge >= 0.3 is 5.63 Å². The fourth-order valence-corrected chi connectivity index (χ4v) is 4.07.